The highest BCUT2D eigenvalue weighted by Gasteiger charge is 2.31. The zero-order valence-corrected chi connectivity index (χ0v) is 15.0. The van der Waals surface area contributed by atoms with Crippen LogP contribution in [0.15, 0.2) is 24.7 Å². The molecule has 140 valence electrons. The average Bonchev–Trinajstić information content (AvgIpc) is 3.07. The number of aromatic amines is 1. The second kappa shape index (κ2) is 7.11. The van der Waals surface area contributed by atoms with Crippen LogP contribution in [0.2, 0.25) is 5.02 Å². The second-order valence-corrected chi connectivity index (χ2v) is 7.06. The number of aromatic nitrogens is 4. The monoisotopic (exact) mass is 389 g/mol. The van der Waals surface area contributed by atoms with Crippen LogP contribution in [0.5, 0.6) is 0 Å². The van der Waals surface area contributed by atoms with Crippen molar-refractivity contribution in [3.8, 4) is 11.4 Å². The van der Waals surface area contributed by atoms with Crippen molar-refractivity contribution in [1.29, 1.82) is 0 Å². The maximum absolute atomic E-state index is 14.3. The number of carboxylic acid groups (broad SMARTS) is 1. The fourth-order valence-electron chi connectivity index (χ4n) is 3.54. The Hall–Kier alpha value is -2.74. The van der Waals surface area contributed by atoms with Crippen molar-refractivity contribution in [2.24, 2.45) is 5.92 Å². The number of nitrogens with zero attached hydrogens (tertiary/aromatic N) is 3. The molecule has 1 fully saturated rings. The van der Waals surface area contributed by atoms with Gasteiger partial charge in [0.1, 0.15) is 5.65 Å². The zero-order chi connectivity index (χ0) is 19.0. The lowest BCUT2D eigenvalue weighted by Crippen LogP contribution is -2.37. The molecule has 0 spiro atoms. The molecule has 3 N–H and O–H groups in total. The number of carboxylic acids is 1. The zero-order valence-electron chi connectivity index (χ0n) is 14.2. The van der Waals surface area contributed by atoms with E-state index in [2.05, 4.69) is 25.3 Å². The van der Waals surface area contributed by atoms with E-state index < -0.39 is 17.7 Å². The Labute approximate surface area is 159 Å². The molecule has 7 nitrogen and oxygen atoms in total. The first-order valence-corrected chi connectivity index (χ1v) is 9.05. The van der Waals surface area contributed by atoms with E-state index in [4.69, 9.17) is 11.6 Å². The summed E-state index contributed by atoms with van der Waals surface area (Å²) < 4.78 is 14.3. The van der Waals surface area contributed by atoms with Crippen molar-refractivity contribution >= 4 is 34.4 Å². The van der Waals surface area contributed by atoms with Crippen LogP contribution in [0.4, 0.5) is 10.2 Å². The van der Waals surface area contributed by atoms with Crippen LogP contribution in [0.3, 0.4) is 0 Å². The fraction of sp³-hybridized carbons (Fsp3) is 0.333. The highest BCUT2D eigenvalue weighted by Crippen LogP contribution is 2.30. The van der Waals surface area contributed by atoms with E-state index in [1.54, 1.807) is 12.3 Å². The lowest BCUT2D eigenvalue weighted by atomic mass is 9.84. The Morgan fingerprint density at radius 1 is 1.30 bits per heavy atom. The summed E-state index contributed by atoms with van der Waals surface area (Å²) in [6.07, 6.45) is 7.27. The van der Waals surface area contributed by atoms with E-state index in [1.165, 1.54) is 6.20 Å². The van der Waals surface area contributed by atoms with Gasteiger partial charge in [-0.2, -0.15) is 0 Å². The molecule has 1 aliphatic rings. The second-order valence-electron chi connectivity index (χ2n) is 6.62. The van der Waals surface area contributed by atoms with Crippen molar-refractivity contribution in [2.75, 3.05) is 5.32 Å². The Kier molecular flexibility index (Phi) is 4.65. The van der Waals surface area contributed by atoms with Crippen molar-refractivity contribution in [1.82, 2.24) is 19.9 Å². The molecule has 1 saturated carbocycles. The number of H-pyrrole nitrogens is 1. The Morgan fingerprint density at radius 2 is 2.11 bits per heavy atom. The van der Waals surface area contributed by atoms with Crippen molar-refractivity contribution in [3.05, 3.63) is 35.5 Å². The molecular weight excluding hydrogens is 373 g/mol. The quantitative estimate of drug-likeness (QED) is 0.625. The molecule has 1 unspecified atom stereocenters. The average molecular weight is 390 g/mol. The van der Waals surface area contributed by atoms with Crippen LogP contribution in [-0.2, 0) is 4.79 Å². The summed E-state index contributed by atoms with van der Waals surface area (Å²) in [5, 5.41) is 13.6. The van der Waals surface area contributed by atoms with Crippen LogP contribution in [-0.4, -0.2) is 37.1 Å². The van der Waals surface area contributed by atoms with Gasteiger partial charge in [-0.1, -0.05) is 24.4 Å². The SMILES string of the molecule is O=C(O)C1CCCC[C@H]1Nc1nc(-c2c[nH]c3ncc(Cl)cc23)ncc1F. The van der Waals surface area contributed by atoms with Gasteiger partial charge < -0.3 is 15.4 Å². The molecule has 2 atom stereocenters. The molecule has 0 bridgehead atoms. The van der Waals surface area contributed by atoms with E-state index in [-0.39, 0.29) is 11.9 Å². The number of carbonyl (C=O) groups is 1. The van der Waals surface area contributed by atoms with E-state index in [9.17, 15) is 14.3 Å². The molecule has 1 aliphatic carbocycles. The summed E-state index contributed by atoms with van der Waals surface area (Å²) in [6, 6.07) is 1.37. The number of hydrogen-bond donors (Lipinski definition) is 3. The topological polar surface area (TPSA) is 104 Å². The number of pyridine rings is 1. The van der Waals surface area contributed by atoms with Gasteiger partial charge in [0.25, 0.3) is 0 Å². The van der Waals surface area contributed by atoms with Gasteiger partial charge in [-0.3, -0.25) is 4.79 Å². The fourth-order valence-corrected chi connectivity index (χ4v) is 3.69. The molecule has 27 heavy (non-hydrogen) atoms. The van der Waals surface area contributed by atoms with Gasteiger partial charge in [0.15, 0.2) is 17.5 Å². The highest BCUT2D eigenvalue weighted by molar-refractivity contribution is 6.31. The van der Waals surface area contributed by atoms with Crippen molar-refractivity contribution < 1.29 is 14.3 Å². The molecule has 0 aliphatic heterocycles. The lowest BCUT2D eigenvalue weighted by molar-refractivity contribution is -0.143. The molecule has 3 aromatic heterocycles. The number of hydrogen-bond acceptors (Lipinski definition) is 5. The number of nitrogens with one attached hydrogen (secondary N) is 2. The van der Waals surface area contributed by atoms with Gasteiger partial charge >= 0.3 is 5.97 Å². The van der Waals surface area contributed by atoms with Gasteiger partial charge in [0, 0.05) is 29.4 Å². The van der Waals surface area contributed by atoms with Crippen molar-refractivity contribution in [2.45, 2.75) is 31.7 Å². The molecule has 9 heteroatoms. The van der Waals surface area contributed by atoms with Gasteiger partial charge in [-0.25, -0.2) is 19.3 Å². The Bertz CT molecular complexity index is 1010. The van der Waals surface area contributed by atoms with Crippen LogP contribution in [0.25, 0.3) is 22.4 Å². The predicted octanol–water partition coefficient (Wildman–Crippen LogP) is 3.87. The molecule has 0 aromatic carbocycles. The number of anilines is 1. The summed E-state index contributed by atoms with van der Waals surface area (Å²) in [4.78, 5) is 27.1. The largest absolute Gasteiger partial charge is 0.481 e. The highest BCUT2D eigenvalue weighted by atomic mass is 35.5. The predicted molar refractivity (Wildman–Crippen MR) is 99.1 cm³/mol. The first-order valence-electron chi connectivity index (χ1n) is 8.68. The molecule has 3 heterocycles. The molecular formula is C18H17ClFN5O2. The Morgan fingerprint density at radius 3 is 2.93 bits per heavy atom. The van der Waals surface area contributed by atoms with Crippen LogP contribution in [0, 0.1) is 11.7 Å². The summed E-state index contributed by atoms with van der Waals surface area (Å²) in [5.41, 5.74) is 1.26. The van der Waals surface area contributed by atoms with E-state index >= 15 is 0 Å². The number of fused-ring (bicyclic) bond motifs is 1. The third-order valence-electron chi connectivity index (χ3n) is 4.89. The minimum absolute atomic E-state index is 0.00230. The van der Waals surface area contributed by atoms with E-state index in [1.807, 2.05) is 0 Å². The first kappa shape index (κ1) is 17.7. The summed E-state index contributed by atoms with van der Waals surface area (Å²) in [6.45, 7) is 0. The minimum Gasteiger partial charge on any atom is -0.481 e. The van der Waals surface area contributed by atoms with Gasteiger partial charge in [-0.05, 0) is 18.9 Å². The molecule has 3 aromatic rings. The number of rotatable bonds is 4. The third-order valence-corrected chi connectivity index (χ3v) is 5.09. The third kappa shape index (κ3) is 3.44. The molecule has 0 amide bonds. The maximum atomic E-state index is 14.3. The van der Waals surface area contributed by atoms with Gasteiger partial charge in [-0.15, -0.1) is 0 Å². The smallest absolute Gasteiger partial charge is 0.308 e. The summed E-state index contributed by atoms with van der Waals surface area (Å²) in [5.74, 6) is -1.75. The normalized spacial score (nSPS) is 19.9. The minimum atomic E-state index is -0.876. The first-order chi connectivity index (χ1) is 13.0. The number of aliphatic carboxylic acids is 1. The van der Waals surface area contributed by atoms with Crippen LogP contribution in [0.1, 0.15) is 25.7 Å². The molecule has 0 radical (unpaired) electrons. The number of halogens is 2. The van der Waals surface area contributed by atoms with Crippen LogP contribution < -0.4 is 5.32 Å². The van der Waals surface area contributed by atoms with Gasteiger partial charge in [0.2, 0.25) is 0 Å². The maximum Gasteiger partial charge on any atom is 0.308 e. The van der Waals surface area contributed by atoms with E-state index in [0.717, 1.165) is 24.4 Å². The van der Waals surface area contributed by atoms with Gasteiger partial charge in [0.05, 0.1) is 17.1 Å². The van der Waals surface area contributed by atoms with Crippen LogP contribution >= 0.6 is 11.6 Å². The summed E-state index contributed by atoms with van der Waals surface area (Å²) in [7, 11) is 0. The van der Waals surface area contributed by atoms with Crippen molar-refractivity contribution in [3.63, 3.8) is 0 Å². The molecule has 4 rings (SSSR count). The van der Waals surface area contributed by atoms with E-state index in [0.29, 0.717) is 34.9 Å². The standard InChI is InChI=1S/C18H17ClFN5O2/c19-9-5-11-12(7-22-15(11)21-6-9)16-23-8-13(20)17(25-16)24-14-4-2-1-3-10(14)18(26)27/h5-8,10,14H,1-4H2,(H,21,22)(H,26,27)(H,23,24,25)/t10?,14-/m1/s1. The molecule has 0 saturated heterocycles. The lowest BCUT2D eigenvalue weighted by Gasteiger charge is -2.29. The Balaban J connectivity index is 1.69. The summed E-state index contributed by atoms with van der Waals surface area (Å²) >= 11 is 6.02.